The summed E-state index contributed by atoms with van der Waals surface area (Å²) in [4.78, 5) is 0. The molecule has 1 aromatic heterocycles. The van der Waals surface area contributed by atoms with E-state index in [-0.39, 0.29) is 6.04 Å². The van der Waals surface area contributed by atoms with Crippen LogP contribution in [0.4, 0.5) is 0 Å². The summed E-state index contributed by atoms with van der Waals surface area (Å²) in [6.45, 7) is 2.02. The molecule has 16 heavy (non-hydrogen) atoms. The molecule has 2 N–H and O–H groups in total. The number of hydrogen-bond donors (Lipinski definition) is 1. The molecule has 1 heterocycles. The highest BCUT2D eigenvalue weighted by Crippen LogP contribution is 2.31. The van der Waals surface area contributed by atoms with E-state index in [4.69, 9.17) is 5.73 Å². The summed E-state index contributed by atoms with van der Waals surface area (Å²) in [5.41, 5.74) is 8.48. The Morgan fingerprint density at radius 3 is 2.69 bits per heavy atom. The highest BCUT2D eigenvalue weighted by Gasteiger charge is 2.22. The second-order valence-electron chi connectivity index (χ2n) is 4.97. The maximum atomic E-state index is 6.20. The van der Waals surface area contributed by atoms with E-state index in [0.717, 1.165) is 28.9 Å². The van der Waals surface area contributed by atoms with Crippen LogP contribution >= 0.6 is 15.9 Å². The molecule has 0 spiro atoms. The molecule has 0 radical (unpaired) electrons. The van der Waals surface area contributed by atoms with E-state index in [0.29, 0.717) is 0 Å². The fourth-order valence-electron chi connectivity index (χ4n) is 2.39. The summed E-state index contributed by atoms with van der Waals surface area (Å²) in [5.74, 6) is 0.878. The van der Waals surface area contributed by atoms with Crippen LogP contribution in [-0.2, 0) is 13.5 Å². The first-order chi connectivity index (χ1) is 7.58. The van der Waals surface area contributed by atoms with Crippen LogP contribution in [0.2, 0.25) is 0 Å². The molecule has 1 aliphatic rings. The Labute approximate surface area is 106 Å². The summed E-state index contributed by atoms with van der Waals surface area (Å²) in [5, 5.41) is 4.39. The van der Waals surface area contributed by atoms with Gasteiger partial charge in [-0.3, -0.25) is 4.68 Å². The standard InChI is InChI=1S/C12H20BrN3/c1-8-12(13)11(16(2)15-8)7-10(14)6-9-4-3-5-9/h9-10H,3-7,14H2,1-2H3. The summed E-state index contributed by atoms with van der Waals surface area (Å²) in [7, 11) is 1.99. The fraction of sp³-hybridized carbons (Fsp3) is 0.750. The summed E-state index contributed by atoms with van der Waals surface area (Å²) in [6, 6.07) is 0.274. The van der Waals surface area contributed by atoms with Gasteiger partial charge in [0, 0.05) is 19.5 Å². The Morgan fingerprint density at radius 1 is 1.56 bits per heavy atom. The first kappa shape index (κ1) is 12.1. The maximum Gasteiger partial charge on any atom is 0.0738 e. The van der Waals surface area contributed by atoms with E-state index in [1.807, 2.05) is 18.7 Å². The van der Waals surface area contributed by atoms with E-state index in [1.165, 1.54) is 25.0 Å². The van der Waals surface area contributed by atoms with Gasteiger partial charge in [0.1, 0.15) is 0 Å². The molecule has 3 nitrogen and oxygen atoms in total. The SMILES string of the molecule is Cc1nn(C)c(CC(N)CC2CCC2)c1Br. The fourth-order valence-corrected chi connectivity index (χ4v) is 2.89. The lowest BCUT2D eigenvalue weighted by atomic mass is 9.80. The van der Waals surface area contributed by atoms with Gasteiger partial charge < -0.3 is 5.73 Å². The summed E-state index contributed by atoms with van der Waals surface area (Å²) in [6.07, 6.45) is 6.23. The van der Waals surface area contributed by atoms with Crippen molar-refractivity contribution in [1.82, 2.24) is 9.78 Å². The molecule has 1 fully saturated rings. The topological polar surface area (TPSA) is 43.8 Å². The lowest BCUT2D eigenvalue weighted by Crippen LogP contribution is -2.29. The van der Waals surface area contributed by atoms with Crippen molar-refractivity contribution in [3.63, 3.8) is 0 Å². The monoisotopic (exact) mass is 285 g/mol. The molecule has 0 saturated heterocycles. The number of halogens is 1. The molecular weight excluding hydrogens is 266 g/mol. The van der Waals surface area contributed by atoms with Gasteiger partial charge in [-0.05, 0) is 35.2 Å². The van der Waals surface area contributed by atoms with Crippen molar-refractivity contribution in [2.24, 2.45) is 18.7 Å². The molecule has 1 saturated carbocycles. The van der Waals surface area contributed by atoms with Crippen molar-refractivity contribution in [1.29, 1.82) is 0 Å². The van der Waals surface area contributed by atoms with Gasteiger partial charge >= 0.3 is 0 Å². The Morgan fingerprint density at radius 2 is 2.25 bits per heavy atom. The predicted octanol–water partition coefficient (Wildman–Crippen LogP) is 2.55. The third-order valence-electron chi connectivity index (χ3n) is 3.58. The number of hydrogen-bond acceptors (Lipinski definition) is 2. The predicted molar refractivity (Wildman–Crippen MR) is 69.3 cm³/mol. The molecule has 0 amide bonds. The van der Waals surface area contributed by atoms with E-state index in [9.17, 15) is 0 Å². The first-order valence-electron chi connectivity index (χ1n) is 6.01. The van der Waals surface area contributed by atoms with E-state index >= 15 is 0 Å². The number of aromatic nitrogens is 2. The Hall–Kier alpha value is -0.350. The number of aryl methyl sites for hydroxylation is 2. The molecule has 0 aliphatic heterocycles. The molecule has 1 atom stereocenters. The third kappa shape index (κ3) is 2.48. The zero-order valence-electron chi connectivity index (χ0n) is 10.0. The molecule has 4 heteroatoms. The van der Waals surface area contributed by atoms with E-state index in [2.05, 4.69) is 21.0 Å². The highest BCUT2D eigenvalue weighted by atomic mass is 79.9. The maximum absolute atomic E-state index is 6.20. The van der Waals surface area contributed by atoms with Crippen molar-refractivity contribution < 1.29 is 0 Å². The quantitative estimate of drug-likeness (QED) is 0.924. The van der Waals surface area contributed by atoms with Gasteiger partial charge in [-0.2, -0.15) is 5.10 Å². The van der Waals surface area contributed by atoms with Gasteiger partial charge in [0.2, 0.25) is 0 Å². The van der Waals surface area contributed by atoms with Gasteiger partial charge in [0.05, 0.1) is 15.9 Å². The normalized spacial score (nSPS) is 18.5. The largest absolute Gasteiger partial charge is 0.327 e. The van der Waals surface area contributed by atoms with Crippen LogP contribution in [0.3, 0.4) is 0 Å². The molecule has 1 aliphatic carbocycles. The molecule has 90 valence electrons. The summed E-state index contributed by atoms with van der Waals surface area (Å²) < 4.78 is 3.07. The van der Waals surface area contributed by atoms with Crippen LogP contribution in [0.1, 0.15) is 37.1 Å². The second kappa shape index (κ2) is 4.88. The highest BCUT2D eigenvalue weighted by molar-refractivity contribution is 9.10. The van der Waals surface area contributed by atoms with Crippen LogP contribution < -0.4 is 5.73 Å². The Kier molecular flexibility index (Phi) is 3.70. The van der Waals surface area contributed by atoms with Gasteiger partial charge in [0.25, 0.3) is 0 Å². The minimum Gasteiger partial charge on any atom is -0.327 e. The third-order valence-corrected chi connectivity index (χ3v) is 4.61. The smallest absolute Gasteiger partial charge is 0.0738 e. The van der Waals surface area contributed by atoms with Crippen molar-refractivity contribution in [3.05, 3.63) is 15.9 Å². The molecular formula is C12H20BrN3. The number of nitrogens with two attached hydrogens (primary N) is 1. The molecule has 2 rings (SSSR count). The molecule has 0 aromatic carbocycles. The Bertz CT molecular complexity index is 369. The van der Waals surface area contributed by atoms with Crippen LogP contribution in [0.15, 0.2) is 4.47 Å². The Balaban J connectivity index is 1.96. The molecule has 1 aromatic rings. The van der Waals surface area contributed by atoms with Crippen molar-refractivity contribution in [2.75, 3.05) is 0 Å². The first-order valence-corrected chi connectivity index (χ1v) is 6.80. The van der Waals surface area contributed by atoms with Crippen LogP contribution in [0, 0.1) is 12.8 Å². The second-order valence-corrected chi connectivity index (χ2v) is 5.76. The van der Waals surface area contributed by atoms with Gasteiger partial charge in [0.15, 0.2) is 0 Å². The minimum absolute atomic E-state index is 0.274. The van der Waals surface area contributed by atoms with Gasteiger partial charge in [-0.25, -0.2) is 0 Å². The average Bonchev–Trinajstić information content (AvgIpc) is 2.39. The average molecular weight is 286 g/mol. The number of nitrogens with zero attached hydrogens (tertiary/aromatic N) is 2. The number of rotatable bonds is 4. The lowest BCUT2D eigenvalue weighted by Gasteiger charge is -2.28. The van der Waals surface area contributed by atoms with Crippen molar-refractivity contribution >= 4 is 15.9 Å². The van der Waals surface area contributed by atoms with Gasteiger partial charge in [-0.15, -0.1) is 0 Å². The molecule has 1 unspecified atom stereocenters. The lowest BCUT2D eigenvalue weighted by molar-refractivity contribution is 0.274. The van der Waals surface area contributed by atoms with Crippen molar-refractivity contribution in [3.8, 4) is 0 Å². The summed E-state index contributed by atoms with van der Waals surface area (Å²) >= 11 is 3.59. The minimum atomic E-state index is 0.274. The van der Waals surface area contributed by atoms with Gasteiger partial charge in [-0.1, -0.05) is 19.3 Å². The van der Waals surface area contributed by atoms with E-state index < -0.39 is 0 Å². The van der Waals surface area contributed by atoms with Crippen LogP contribution in [0.25, 0.3) is 0 Å². The van der Waals surface area contributed by atoms with Crippen molar-refractivity contribution in [2.45, 2.75) is 45.1 Å². The zero-order chi connectivity index (χ0) is 11.7. The van der Waals surface area contributed by atoms with Crippen LogP contribution in [0.5, 0.6) is 0 Å². The van der Waals surface area contributed by atoms with Crippen LogP contribution in [-0.4, -0.2) is 15.8 Å². The van der Waals surface area contributed by atoms with E-state index in [1.54, 1.807) is 0 Å². The molecule has 0 bridgehead atoms. The zero-order valence-corrected chi connectivity index (χ0v) is 11.6.